The molecule has 1 rings (SSSR count). The molecule has 1 heterocycles. The van der Waals surface area contributed by atoms with Crippen LogP contribution >= 0.6 is 19.2 Å². The van der Waals surface area contributed by atoms with Gasteiger partial charge in [-0.05, 0) is 6.42 Å². The zero-order valence-electron chi connectivity index (χ0n) is 7.70. The molecule has 0 aliphatic heterocycles. The molecule has 1 aromatic heterocycles. The van der Waals surface area contributed by atoms with Gasteiger partial charge in [0.1, 0.15) is 5.82 Å². The molecular weight excluding hydrogens is 227 g/mol. The van der Waals surface area contributed by atoms with Crippen LogP contribution in [0.3, 0.4) is 0 Å². The quantitative estimate of drug-likeness (QED) is 0.688. The molecule has 80 valence electrons. The van der Waals surface area contributed by atoms with Gasteiger partial charge in [-0.2, -0.15) is 0 Å². The highest BCUT2D eigenvalue weighted by Gasteiger charge is 2.24. The van der Waals surface area contributed by atoms with Crippen molar-refractivity contribution in [2.75, 3.05) is 0 Å². The number of H-pyrrole nitrogens is 1. The molecule has 0 radical (unpaired) electrons. The van der Waals surface area contributed by atoms with Crippen LogP contribution in [-0.2, 0) is 11.0 Å². The van der Waals surface area contributed by atoms with Crippen molar-refractivity contribution in [2.24, 2.45) is 0 Å². The molecule has 14 heavy (non-hydrogen) atoms. The molecule has 0 aliphatic carbocycles. The van der Waals surface area contributed by atoms with E-state index >= 15 is 0 Å². The fourth-order valence-electron chi connectivity index (χ4n) is 1.04. The molecule has 7 heteroatoms. The number of nitrogens with one attached hydrogen (secondary N) is 1. The first-order chi connectivity index (χ1) is 6.45. The van der Waals surface area contributed by atoms with Crippen molar-refractivity contribution in [3.05, 3.63) is 11.0 Å². The second-order valence-corrected chi connectivity index (χ2v) is 4.86. The maximum atomic E-state index is 10.9. The van der Waals surface area contributed by atoms with Gasteiger partial charge in [-0.15, -0.1) is 0 Å². The average Bonchev–Trinajstić information content (AvgIpc) is 2.42. The Labute approximate surface area is 86.7 Å². The van der Waals surface area contributed by atoms with Gasteiger partial charge in [0.05, 0.1) is 0 Å². The summed E-state index contributed by atoms with van der Waals surface area (Å²) in [5, 5.41) is -0.135. The van der Waals surface area contributed by atoms with E-state index < -0.39 is 7.60 Å². The summed E-state index contributed by atoms with van der Waals surface area (Å²) < 4.78 is 10.9. The Hall–Kier alpha value is -0.350. The number of rotatable bonds is 4. The summed E-state index contributed by atoms with van der Waals surface area (Å²) in [4.78, 5) is 24.1. The summed E-state index contributed by atoms with van der Waals surface area (Å²) in [5.41, 5.74) is -0.287. The second kappa shape index (κ2) is 4.45. The number of aromatic amines is 1. The number of aryl methyl sites for hydroxylation is 1. The first-order valence-electron chi connectivity index (χ1n) is 4.25. The lowest BCUT2D eigenvalue weighted by Crippen LogP contribution is -2.06. The van der Waals surface area contributed by atoms with Crippen LogP contribution in [0.2, 0.25) is 5.15 Å². The van der Waals surface area contributed by atoms with Crippen LogP contribution in [0.25, 0.3) is 0 Å². The van der Waals surface area contributed by atoms with Crippen LogP contribution in [0.1, 0.15) is 25.6 Å². The van der Waals surface area contributed by atoms with Crippen LogP contribution in [0.5, 0.6) is 0 Å². The Balaban J connectivity index is 2.88. The minimum absolute atomic E-state index is 0.135. The lowest BCUT2D eigenvalue weighted by Gasteiger charge is -1.98. The molecule has 0 fully saturated rings. The van der Waals surface area contributed by atoms with Gasteiger partial charge < -0.3 is 14.8 Å². The molecular formula is C7H12ClN2O3P. The number of hydrogen-bond donors (Lipinski definition) is 3. The summed E-state index contributed by atoms with van der Waals surface area (Å²) in [5.74, 6) is 0.523. The van der Waals surface area contributed by atoms with Gasteiger partial charge in [-0.25, -0.2) is 4.98 Å². The first kappa shape index (κ1) is 11.7. The van der Waals surface area contributed by atoms with E-state index in [4.69, 9.17) is 21.4 Å². The lowest BCUT2D eigenvalue weighted by molar-refractivity contribution is 0.386. The van der Waals surface area contributed by atoms with Gasteiger partial charge in [0, 0.05) is 6.42 Å². The van der Waals surface area contributed by atoms with E-state index in [1.165, 1.54) is 0 Å². The molecule has 1 aromatic rings. The average molecular weight is 239 g/mol. The van der Waals surface area contributed by atoms with Crippen LogP contribution in [0.15, 0.2) is 0 Å². The summed E-state index contributed by atoms with van der Waals surface area (Å²) in [6, 6.07) is 0. The third kappa shape index (κ3) is 2.82. The predicted octanol–water partition coefficient (Wildman–Crippen LogP) is 1.21. The fourth-order valence-corrected chi connectivity index (χ4v) is 2.09. The number of nitrogens with zero attached hydrogens (tertiary/aromatic N) is 1. The van der Waals surface area contributed by atoms with Crippen molar-refractivity contribution in [3.63, 3.8) is 0 Å². The van der Waals surface area contributed by atoms with Crippen molar-refractivity contribution in [3.8, 4) is 0 Å². The van der Waals surface area contributed by atoms with Gasteiger partial charge in [0.25, 0.3) is 0 Å². The summed E-state index contributed by atoms with van der Waals surface area (Å²) in [6.07, 6.45) is 2.55. The molecule has 0 bridgehead atoms. The van der Waals surface area contributed by atoms with Crippen LogP contribution < -0.4 is 5.44 Å². The number of aromatic nitrogens is 2. The minimum atomic E-state index is -4.32. The van der Waals surface area contributed by atoms with Gasteiger partial charge in [0.2, 0.25) is 0 Å². The normalized spacial score (nSPS) is 12.0. The van der Waals surface area contributed by atoms with Crippen molar-refractivity contribution in [1.29, 1.82) is 0 Å². The van der Waals surface area contributed by atoms with E-state index in [0.29, 0.717) is 12.2 Å². The maximum absolute atomic E-state index is 10.9. The molecule has 0 spiro atoms. The Bertz CT molecular complexity index is 360. The van der Waals surface area contributed by atoms with E-state index in [0.717, 1.165) is 12.8 Å². The maximum Gasteiger partial charge on any atom is 0.375 e. The summed E-state index contributed by atoms with van der Waals surface area (Å²) >= 11 is 5.57. The second-order valence-electron chi connectivity index (χ2n) is 2.97. The third-order valence-corrected chi connectivity index (χ3v) is 3.06. The van der Waals surface area contributed by atoms with Gasteiger partial charge in [-0.3, -0.25) is 4.57 Å². The highest BCUT2D eigenvalue weighted by Crippen LogP contribution is 2.35. The molecule has 0 saturated carbocycles. The van der Waals surface area contributed by atoms with Crippen LogP contribution in [-0.4, -0.2) is 19.8 Å². The zero-order valence-corrected chi connectivity index (χ0v) is 9.35. The minimum Gasteiger partial charge on any atom is -0.334 e. The van der Waals surface area contributed by atoms with Crippen molar-refractivity contribution in [1.82, 2.24) is 9.97 Å². The smallest absolute Gasteiger partial charge is 0.334 e. The molecule has 0 aromatic carbocycles. The standard InChI is InChI=1S/C7H12ClN2O3P/c1-2-3-4-5-9-6(8)7(10-5)14(11,12)13/h2-4H2,1H3,(H,9,10)(H2,11,12,13). The number of imidazole rings is 1. The summed E-state index contributed by atoms with van der Waals surface area (Å²) in [6.45, 7) is 2.02. The highest BCUT2D eigenvalue weighted by molar-refractivity contribution is 7.60. The Morgan fingerprint density at radius 1 is 1.57 bits per heavy atom. The SMILES string of the molecule is CCCCc1nc(Cl)c(P(=O)(O)O)[nH]1. The third-order valence-electron chi connectivity index (χ3n) is 1.75. The highest BCUT2D eigenvalue weighted by atomic mass is 35.5. The van der Waals surface area contributed by atoms with E-state index in [2.05, 4.69) is 9.97 Å². The molecule has 0 aliphatic rings. The fraction of sp³-hybridized carbons (Fsp3) is 0.571. The Morgan fingerprint density at radius 3 is 2.64 bits per heavy atom. The molecule has 0 amide bonds. The number of unbranched alkanes of at least 4 members (excludes halogenated alkanes) is 1. The van der Waals surface area contributed by atoms with Gasteiger partial charge >= 0.3 is 7.60 Å². The van der Waals surface area contributed by atoms with Crippen LogP contribution in [0, 0.1) is 0 Å². The molecule has 0 atom stereocenters. The van der Waals surface area contributed by atoms with E-state index in [9.17, 15) is 4.57 Å². The topological polar surface area (TPSA) is 86.2 Å². The van der Waals surface area contributed by atoms with Crippen molar-refractivity contribution in [2.45, 2.75) is 26.2 Å². The van der Waals surface area contributed by atoms with E-state index in [-0.39, 0.29) is 10.6 Å². The van der Waals surface area contributed by atoms with Crippen molar-refractivity contribution >= 4 is 24.6 Å². The molecule has 5 nitrogen and oxygen atoms in total. The van der Waals surface area contributed by atoms with Gasteiger partial charge in [-0.1, -0.05) is 24.9 Å². The number of halogens is 1. The Morgan fingerprint density at radius 2 is 2.21 bits per heavy atom. The predicted molar refractivity (Wildman–Crippen MR) is 53.9 cm³/mol. The molecule has 0 unspecified atom stereocenters. The van der Waals surface area contributed by atoms with Crippen LogP contribution in [0.4, 0.5) is 0 Å². The summed E-state index contributed by atoms with van der Waals surface area (Å²) in [7, 11) is -4.32. The van der Waals surface area contributed by atoms with Crippen molar-refractivity contribution < 1.29 is 14.4 Å². The molecule has 3 N–H and O–H groups in total. The molecule has 0 saturated heterocycles. The largest absolute Gasteiger partial charge is 0.375 e. The zero-order chi connectivity index (χ0) is 10.8. The van der Waals surface area contributed by atoms with E-state index in [1.807, 2.05) is 6.92 Å². The number of hydrogen-bond acceptors (Lipinski definition) is 2. The van der Waals surface area contributed by atoms with Gasteiger partial charge in [0.15, 0.2) is 10.6 Å². The van der Waals surface area contributed by atoms with E-state index in [1.54, 1.807) is 0 Å². The monoisotopic (exact) mass is 238 g/mol. The first-order valence-corrected chi connectivity index (χ1v) is 6.24. The lowest BCUT2D eigenvalue weighted by atomic mass is 10.2. The Kier molecular flexibility index (Phi) is 3.72.